The minimum absolute atomic E-state index is 0.00262. The smallest absolute Gasteiger partial charge is 0.407 e. The number of rotatable bonds is 9. The summed E-state index contributed by atoms with van der Waals surface area (Å²) < 4.78 is 5.48. The number of aromatic nitrogens is 1. The number of carbonyl (C=O) groups excluding carboxylic acids is 2. The van der Waals surface area contributed by atoms with E-state index in [1.807, 2.05) is 24.3 Å². The number of carboxylic acids is 1. The Hall–Kier alpha value is -4.20. The molecule has 0 radical (unpaired) electrons. The number of aromatic carboxylic acids is 1. The molecule has 1 aliphatic rings. The molecule has 0 fully saturated rings. The molecule has 0 saturated carbocycles. The number of fused-ring (bicyclic) bond motifs is 3. The lowest BCUT2D eigenvalue weighted by Crippen LogP contribution is -2.29. The van der Waals surface area contributed by atoms with Gasteiger partial charge < -0.3 is 20.5 Å². The highest BCUT2D eigenvalue weighted by Crippen LogP contribution is 2.44. The van der Waals surface area contributed by atoms with Gasteiger partial charge in [-0.1, -0.05) is 48.5 Å². The zero-order chi connectivity index (χ0) is 23.9. The van der Waals surface area contributed by atoms with Crippen LogP contribution in [0.15, 0.2) is 66.9 Å². The molecule has 8 nitrogen and oxygen atoms in total. The number of carboxylic acid groups (broad SMARTS) is 1. The number of benzene rings is 2. The molecule has 0 unspecified atom stereocenters. The monoisotopic (exact) mass is 459 g/mol. The Labute approximate surface area is 197 Å². The SMILES string of the molecule is O=C(CCCNC(=O)OCC1c2ccccc2-c2ccccc21)NCc1cc(C(=O)O)ccn1. The molecule has 174 valence electrons. The average Bonchev–Trinajstić information content (AvgIpc) is 3.18. The van der Waals surface area contributed by atoms with Crippen molar-refractivity contribution < 1.29 is 24.2 Å². The van der Waals surface area contributed by atoms with Crippen molar-refractivity contribution in [2.75, 3.05) is 13.2 Å². The van der Waals surface area contributed by atoms with Crippen LogP contribution in [0.2, 0.25) is 0 Å². The predicted molar refractivity (Wildman–Crippen MR) is 125 cm³/mol. The van der Waals surface area contributed by atoms with E-state index in [9.17, 15) is 14.4 Å². The van der Waals surface area contributed by atoms with Crippen LogP contribution in [0, 0.1) is 0 Å². The van der Waals surface area contributed by atoms with E-state index in [4.69, 9.17) is 9.84 Å². The summed E-state index contributed by atoms with van der Waals surface area (Å²) in [5.41, 5.74) is 5.22. The summed E-state index contributed by atoms with van der Waals surface area (Å²) in [4.78, 5) is 39.2. The molecule has 0 saturated heterocycles. The third kappa shape index (κ3) is 5.40. The summed E-state index contributed by atoms with van der Waals surface area (Å²) in [6.45, 7) is 0.680. The first-order chi connectivity index (χ1) is 16.5. The third-order valence-corrected chi connectivity index (χ3v) is 5.72. The molecule has 4 rings (SSSR count). The van der Waals surface area contributed by atoms with E-state index in [2.05, 4.69) is 39.9 Å². The van der Waals surface area contributed by atoms with E-state index in [1.54, 1.807) is 0 Å². The number of alkyl carbamates (subject to hydrolysis) is 1. The molecule has 2 amide bonds. The number of amides is 2. The molecule has 1 aromatic heterocycles. The predicted octanol–water partition coefficient (Wildman–Crippen LogP) is 3.71. The summed E-state index contributed by atoms with van der Waals surface area (Å²) in [6, 6.07) is 19.1. The Balaban J connectivity index is 1.17. The quantitative estimate of drug-likeness (QED) is 0.420. The van der Waals surface area contributed by atoms with Crippen molar-refractivity contribution in [2.45, 2.75) is 25.3 Å². The Bertz CT molecular complexity index is 1160. The summed E-state index contributed by atoms with van der Waals surface area (Å²) in [5, 5.41) is 14.4. The van der Waals surface area contributed by atoms with Crippen LogP contribution in [-0.4, -0.2) is 41.2 Å². The summed E-state index contributed by atoms with van der Waals surface area (Å²) >= 11 is 0. The van der Waals surface area contributed by atoms with Crippen LogP contribution in [-0.2, 0) is 16.1 Å². The van der Waals surface area contributed by atoms with Crippen molar-refractivity contribution in [3.05, 3.63) is 89.2 Å². The minimum Gasteiger partial charge on any atom is -0.478 e. The molecule has 1 heterocycles. The fraction of sp³-hybridized carbons (Fsp3) is 0.231. The van der Waals surface area contributed by atoms with Gasteiger partial charge in [-0.15, -0.1) is 0 Å². The van der Waals surface area contributed by atoms with Crippen LogP contribution in [0.4, 0.5) is 4.79 Å². The molecule has 0 atom stereocenters. The summed E-state index contributed by atoms with van der Waals surface area (Å²) in [6.07, 6.45) is 1.53. The van der Waals surface area contributed by atoms with Crippen molar-refractivity contribution in [3.63, 3.8) is 0 Å². The maximum Gasteiger partial charge on any atom is 0.407 e. The molecule has 2 aromatic carbocycles. The van der Waals surface area contributed by atoms with Gasteiger partial charge in [0.15, 0.2) is 0 Å². The van der Waals surface area contributed by atoms with Gasteiger partial charge in [-0.25, -0.2) is 9.59 Å². The second-order valence-corrected chi connectivity index (χ2v) is 7.97. The number of nitrogens with one attached hydrogen (secondary N) is 2. The summed E-state index contributed by atoms with van der Waals surface area (Å²) in [5.74, 6) is -1.26. The Kier molecular flexibility index (Phi) is 7.17. The number of hydrogen-bond donors (Lipinski definition) is 3. The molecule has 0 bridgehead atoms. The zero-order valence-electron chi connectivity index (χ0n) is 18.5. The van der Waals surface area contributed by atoms with E-state index in [0.717, 1.165) is 11.1 Å². The van der Waals surface area contributed by atoms with Crippen molar-refractivity contribution in [1.82, 2.24) is 15.6 Å². The van der Waals surface area contributed by atoms with Crippen LogP contribution in [0.5, 0.6) is 0 Å². The maximum absolute atomic E-state index is 12.2. The van der Waals surface area contributed by atoms with E-state index in [1.165, 1.54) is 29.5 Å². The molecular formula is C26H25N3O5. The lowest BCUT2D eigenvalue weighted by atomic mass is 9.98. The number of carbonyl (C=O) groups is 3. The van der Waals surface area contributed by atoms with Gasteiger partial charge >= 0.3 is 12.1 Å². The molecule has 34 heavy (non-hydrogen) atoms. The fourth-order valence-electron chi connectivity index (χ4n) is 4.07. The molecular weight excluding hydrogens is 434 g/mol. The lowest BCUT2D eigenvalue weighted by Gasteiger charge is -2.14. The zero-order valence-corrected chi connectivity index (χ0v) is 18.5. The van der Waals surface area contributed by atoms with Crippen molar-refractivity contribution >= 4 is 18.0 Å². The van der Waals surface area contributed by atoms with Gasteiger partial charge in [-0.3, -0.25) is 9.78 Å². The second kappa shape index (κ2) is 10.6. The fourth-order valence-corrected chi connectivity index (χ4v) is 4.07. The van der Waals surface area contributed by atoms with Gasteiger partial charge in [-0.2, -0.15) is 0 Å². The Morgan fingerprint density at radius 3 is 2.29 bits per heavy atom. The van der Waals surface area contributed by atoms with Gasteiger partial charge in [-0.05, 0) is 40.8 Å². The van der Waals surface area contributed by atoms with Crippen molar-refractivity contribution in [2.24, 2.45) is 0 Å². The first-order valence-corrected chi connectivity index (χ1v) is 11.1. The highest BCUT2D eigenvalue weighted by atomic mass is 16.5. The van der Waals surface area contributed by atoms with Gasteiger partial charge in [0.05, 0.1) is 17.8 Å². The van der Waals surface area contributed by atoms with Gasteiger partial charge in [0.1, 0.15) is 6.61 Å². The third-order valence-electron chi connectivity index (χ3n) is 5.72. The highest BCUT2D eigenvalue weighted by molar-refractivity contribution is 5.87. The molecule has 1 aliphatic carbocycles. The largest absolute Gasteiger partial charge is 0.478 e. The van der Waals surface area contributed by atoms with Gasteiger partial charge in [0.2, 0.25) is 5.91 Å². The molecule has 0 spiro atoms. The van der Waals surface area contributed by atoms with Crippen LogP contribution >= 0.6 is 0 Å². The van der Waals surface area contributed by atoms with Crippen LogP contribution in [0.1, 0.15) is 45.9 Å². The van der Waals surface area contributed by atoms with Gasteiger partial charge in [0, 0.05) is 25.1 Å². The standard InChI is InChI=1S/C26H25N3O5/c30-24(29-15-18-14-17(25(31)32)11-13-27-18)10-5-12-28-26(33)34-16-23-21-8-3-1-6-19(21)20-7-2-4-9-22(20)23/h1-4,6-9,11,13-14,23H,5,10,12,15-16H2,(H,28,33)(H,29,30)(H,31,32). The average molecular weight is 460 g/mol. The Morgan fingerprint density at radius 1 is 0.941 bits per heavy atom. The normalized spacial score (nSPS) is 11.9. The number of nitrogens with zero attached hydrogens (tertiary/aromatic N) is 1. The summed E-state index contributed by atoms with van der Waals surface area (Å²) in [7, 11) is 0. The van der Waals surface area contributed by atoms with Crippen LogP contribution in [0.3, 0.4) is 0 Å². The van der Waals surface area contributed by atoms with E-state index in [-0.39, 0.29) is 37.0 Å². The van der Waals surface area contributed by atoms with E-state index >= 15 is 0 Å². The maximum atomic E-state index is 12.2. The first-order valence-electron chi connectivity index (χ1n) is 11.1. The second-order valence-electron chi connectivity index (χ2n) is 7.97. The van der Waals surface area contributed by atoms with Gasteiger partial charge in [0.25, 0.3) is 0 Å². The molecule has 0 aliphatic heterocycles. The van der Waals surface area contributed by atoms with Crippen molar-refractivity contribution in [3.8, 4) is 11.1 Å². The Morgan fingerprint density at radius 2 is 1.62 bits per heavy atom. The highest BCUT2D eigenvalue weighted by Gasteiger charge is 2.28. The molecule has 3 aromatic rings. The molecule has 8 heteroatoms. The number of ether oxygens (including phenoxy) is 1. The van der Waals surface area contributed by atoms with E-state index in [0.29, 0.717) is 18.7 Å². The van der Waals surface area contributed by atoms with Crippen molar-refractivity contribution in [1.29, 1.82) is 0 Å². The number of pyridine rings is 1. The van der Waals surface area contributed by atoms with Crippen LogP contribution < -0.4 is 10.6 Å². The minimum atomic E-state index is -1.05. The van der Waals surface area contributed by atoms with E-state index < -0.39 is 12.1 Å². The number of hydrogen-bond acceptors (Lipinski definition) is 5. The first kappa shape index (κ1) is 23.0. The van der Waals surface area contributed by atoms with Crippen LogP contribution in [0.25, 0.3) is 11.1 Å². The molecule has 3 N–H and O–H groups in total. The lowest BCUT2D eigenvalue weighted by molar-refractivity contribution is -0.121. The topological polar surface area (TPSA) is 118 Å².